The largest absolute Gasteiger partial charge is 0.294 e. The number of carbonyl (C=O) groups excluding carboxylic acids is 1. The van der Waals surface area contributed by atoms with E-state index in [1.807, 2.05) is 32.1 Å². The molecule has 0 saturated heterocycles. The normalized spacial score (nSPS) is 22.8. The molecule has 0 spiro atoms. The van der Waals surface area contributed by atoms with Crippen LogP contribution in [0.1, 0.15) is 33.1 Å². The Labute approximate surface area is 105 Å². The van der Waals surface area contributed by atoms with E-state index in [0.717, 1.165) is 17.6 Å². The fourth-order valence-electron chi connectivity index (χ4n) is 2.91. The summed E-state index contributed by atoms with van der Waals surface area (Å²) < 4.78 is 0. The van der Waals surface area contributed by atoms with E-state index in [1.54, 1.807) is 0 Å². The lowest BCUT2D eigenvalue weighted by Crippen LogP contribution is -2.41. The number of hydrogen-bond acceptors (Lipinski definition) is 1. The third-order valence-electron chi connectivity index (χ3n) is 3.75. The number of carbonyl (C=O) groups is 1. The summed E-state index contributed by atoms with van der Waals surface area (Å²) in [6.45, 7) is 15.6. The highest BCUT2D eigenvalue weighted by atomic mass is 16.1. The molecule has 0 amide bonds. The predicted molar refractivity (Wildman–Crippen MR) is 73.7 cm³/mol. The molecule has 1 atom stereocenters. The lowest BCUT2D eigenvalue weighted by molar-refractivity contribution is -0.127. The molecule has 1 nitrogen and oxygen atoms in total. The summed E-state index contributed by atoms with van der Waals surface area (Å²) in [5.41, 5.74) is 1.55. The molecule has 17 heavy (non-hydrogen) atoms. The second kappa shape index (κ2) is 5.31. The van der Waals surface area contributed by atoms with Crippen LogP contribution in [-0.2, 0) is 4.79 Å². The highest BCUT2D eigenvalue weighted by Gasteiger charge is 2.45. The minimum Gasteiger partial charge on any atom is -0.294 e. The van der Waals surface area contributed by atoms with Crippen molar-refractivity contribution < 1.29 is 4.79 Å². The fraction of sp³-hybridized carbons (Fsp3) is 0.438. The molecule has 0 unspecified atom stereocenters. The van der Waals surface area contributed by atoms with Crippen LogP contribution in [0.2, 0.25) is 0 Å². The molecule has 1 aliphatic rings. The van der Waals surface area contributed by atoms with Crippen LogP contribution >= 0.6 is 0 Å². The zero-order chi connectivity index (χ0) is 13.1. The summed E-state index contributed by atoms with van der Waals surface area (Å²) in [6, 6.07) is 0. The SMILES string of the molecule is C=CCC1(CC=C)C(=O)C(C)=CC[C@H]1C(=C)C. The molecule has 0 radical (unpaired) electrons. The van der Waals surface area contributed by atoms with Gasteiger partial charge in [-0.2, -0.15) is 0 Å². The van der Waals surface area contributed by atoms with Crippen LogP contribution in [-0.4, -0.2) is 5.78 Å². The molecular weight excluding hydrogens is 208 g/mol. The van der Waals surface area contributed by atoms with Crippen LogP contribution in [0.4, 0.5) is 0 Å². The molecule has 1 heteroatoms. The van der Waals surface area contributed by atoms with E-state index in [-0.39, 0.29) is 11.7 Å². The molecular formula is C16H22O. The molecule has 92 valence electrons. The van der Waals surface area contributed by atoms with Crippen LogP contribution in [0.25, 0.3) is 0 Å². The van der Waals surface area contributed by atoms with Crippen molar-refractivity contribution in [3.05, 3.63) is 49.1 Å². The van der Waals surface area contributed by atoms with Gasteiger partial charge in [0, 0.05) is 5.41 Å². The molecule has 1 rings (SSSR count). The van der Waals surface area contributed by atoms with Crippen molar-refractivity contribution in [1.82, 2.24) is 0 Å². The fourth-order valence-corrected chi connectivity index (χ4v) is 2.91. The Morgan fingerprint density at radius 2 is 2.00 bits per heavy atom. The van der Waals surface area contributed by atoms with E-state index in [2.05, 4.69) is 19.7 Å². The second-order valence-electron chi connectivity index (χ2n) is 4.99. The van der Waals surface area contributed by atoms with Crippen molar-refractivity contribution in [3.8, 4) is 0 Å². The van der Waals surface area contributed by atoms with E-state index >= 15 is 0 Å². The Balaban J connectivity index is 3.29. The van der Waals surface area contributed by atoms with Crippen LogP contribution in [0.5, 0.6) is 0 Å². The number of Topliss-reactive ketones (excluding diaryl/α,β-unsaturated/α-hetero) is 1. The van der Waals surface area contributed by atoms with Gasteiger partial charge < -0.3 is 0 Å². The maximum Gasteiger partial charge on any atom is 0.165 e. The molecule has 0 N–H and O–H groups in total. The van der Waals surface area contributed by atoms with Gasteiger partial charge in [-0.3, -0.25) is 4.79 Å². The van der Waals surface area contributed by atoms with Gasteiger partial charge in [-0.15, -0.1) is 13.2 Å². The lowest BCUT2D eigenvalue weighted by Gasteiger charge is -2.41. The molecule has 0 bridgehead atoms. The third kappa shape index (κ3) is 2.33. The first-order valence-corrected chi connectivity index (χ1v) is 6.08. The van der Waals surface area contributed by atoms with Crippen molar-refractivity contribution in [2.45, 2.75) is 33.1 Å². The minimum atomic E-state index is -0.395. The summed E-state index contributed by atoms with van der Waals surface area (Å²) in [4.78, 5) is 12.5. The quantitative estimate of drug-likeness (QED) is 0.646. The third-order valence-corrected chi connectivity index (χ3v) is 3.75. The lowest BCUT2D eigenvalue weighted by atomic mass is 9.60. The van der Waals surface area contributed by atoms with E-state index in [9.17, 15) is 4.79 Å². The molecule has 0 aromatic heterocycles. The van der Waals surface area contributed by atoms with Gasteiger partial charge in [0.05, 0.1) is 0 Å². The molecule has 0 aromatic rings. The van der Waals surface area contributed by atoms with Gasteiger partial charge in [0.25, 0.3) is 0 Å². The minimum absolute atomic E-state index is 0.203. The van der Waals surface area contributed by atoms with Crippen LogP contribution < -0.4 is 0 Å². The summed E-state index contributed by atoms with van der Waals surface area (Å²) in [7, 11) is 0. The monoisotopic (exact) mass is 230 g/mol. The molecule has 0 saturated carbocycles. The highest BCUT2D eigenvalue weighted by Crippen LogP contribution is 2.47. The summed E-state index contributed by atoms with van der Waals surface area (Å²) in [5, 5.41) is 0. The molecule has 0 aliphatic heterocycles. The Morgan fingerprint density at radius 1 is 1.47 bits per heavy atom. The van der Waals surface area contributed by atoms with E-state index in [1.165, 1.54) is 0 Å². The van der Waals surface area contributed by atoms with Crippen molar-refractivity contribution >= 4 is 5.78 Å². The van der Waals surface area contributed by atoms with Crippen molar-refractivity contribution in [1.29, 1.82) is 0 Å². The summed E-state index contributed by atoms with van der Waals surface area (Å²) >= 11 is 0. The average molecular weight is 230 g/mol. The van der Waals surface area contributed by atoms with Crippen molar-refractivity contribution in [2.75, 3.05) is 0 Å². The van der Waals surface area contributed by atoms with E-state index < -0.39 is 5.41 Å². The summed E-state index contributed by atoms with van der Waals surface area (Å²) in [5.74, 6) is 0.436. The van der Waals surface area contributed by atoms with Gasteiger partial charge in [0.1, 0.15) is 0 Å². The van der Waals surface area contributed by atoms with Crippen molar-refractivity contribution in [2.24, 2.45) is 11.3 Å². The Bertz CT molecular complexity index is 374. The smallest absolute Gasteiger partial charge is 0.165 e. The van der Waals surface area contributed by atoms with E-state index in [0.29, 0.717) is 12.8 Å². The van der Waals surface area contributed by atoms with Gasteiger partial charge in [-0.1, -0.05) is 30.4 Å². The number of allylic oxidation sites excluding steroid dienone is 5. The summed E-state index contributed by atoms with van der Waals surface area (Å²) in [6.07, 6.45) is 8.01. The average Bonchev–Trinajstić information content (AvgIpc) is 2.26. The van der Waals surface area contributed by atoms with Gasteiger partial charge in [0.2, 0.25) is 0 Å². The number of hydrogen-bond donors (Lipinski definition) is 0. The maximum atomic E-state index is 12.5. The maximum absolute atomic E-state index is 12.5. The van der Waals surface area contributed by atoms with Crippen LogP contribution in [0, 0.1) is 11.3 Å². The highest BCUT2D eigenvalue weighted by molar-refractivity contribution is 6.01. The van der Waals surface area contributed by atoms with E-state index in [4.69, 9.17) is 0 Å². The predicted octanol–water partition coefficient (Wildman–Crippen LogP) is 4.24. The first kappa shape index (κ1) is 13.7. The first-order chi connectivity index (χ1) is 7.99. The van der Waals surface area contributed by atoms with Crippen LogP contribution in [0.15, 0.2) is 49.1 Å². The zero-order valence-electron chi connectivity index (χ0n) is 11.0. The Hall–Kier alpha value is -1.37. The van der Waals surface area contributed by atoms with Crippen LogP contribution in [0.3, 0.4) is 0 Å². The van der Waals surface area contributed by atoms with Gasteiger partial charge in [-0.05, 0) is 44.6 Å². The standard InChI is InChI=1S/C16H22O/c1-6-10-16(11-7-2)14(12(3)4)9-8-13(5)15(16)17/h6-8,14H,1-3,9-11H2,4-5H3/t14-/m0/s1. The Kier molecular flexibility index (Phi) is 4.28. The second-order valence-corrected chi connectivity index (χ2v) is 4.99. The van der Waals surface area contributed by atoms with Gasteiger partial charge >= 0.3 is 0 Å². The van der Waals surface area contributed by atoms with Gasteiger partial charge in [-0.25, -0.2) is 0 Å². The molecule has 1 aliphatic carbocycles. The molecule has 0 fully saturated rings. The molecule has 0 heterocycles. The number of rotatable bonds is 5. The molecule has 0 aromatic carbocycles. The van der Waals surface area contributed by atoms with Gasteiger partial charge in [0.15, 0.2) is 5.78 Å². The zero-order valence-corrected chi connectivity index (χ0v) is 11.0. The topological polar surface area (TPSA) is 17.1 Å². The first-order valence-electron chi connectivity index (χ1n) is 6.08. The number of ketones is 1. The van der Waals surface area contributed by atoms with Crippen molar-refractivity contribution in [3.63, 3.8) is 0 Å². The Morgan fingerprint density at radius 3 is 2.41 bits per heavy atom.